The molecule has 0 fully saturated rings. The summed E-state index contributed by atoms with van der Waals surface area (Å²) in [4.78, 5) is 25.7. The number of amides is 1. The van der Waals surface area contributed by atoms with Gasteiger partial charge in [-0.3, -0.25) is 10.1 Å². The topological polar surface area (TPSA) is 98.3 Å². The first-order valence-corrected chi connectivity index (χ1v) is 10.9. The molecule has 0 saturated carbocycles. The highest BCUT2D eigenvalue weighted by Gasteiger charge is 2.13. The molecule has 33 heavy (non-hydrogen) atoms. The van der Waals surface area contributed by atoms with E-state index in [0.29, 0.717) is 28.0 Å². The molecule has 2 heterocycles. The van der Waals surface area contributed by atoms with Crippen LogP contribution in [-0.2, 0) is 0 Å². The Bertz CT molecular complexity index is 1470. The number of aromatic nitrogens is 3. The van der Waals surface area contributed by atoms with Gasteiger partial charge in [0.05, 0.1) is 30.0 Å². The molecule has 0 unspecified atom stereocenters. The van der Waals surface area contributed by atoms with Crippen LogP contribution in [-0.4, -0.2) is 35.1 Å². The normalized spacial score (nSPS) is 10.8. The number of nitrogens with one attached hydrogen (secondary N) is 2. The molecule has 0 atom stereocenters. The summed E-state index contributed by atoms with van der Waals surface area (Å²) in [5.41, 5.74) is 2.95. The van der Waals surface area contributed by atoms with Crippen molar-refractivity contribution in [2.24, 2.45) is 0 Å². The summed E-state index contributed by atoms with van der Waals surface area (Å²) in [7, 11) is 3.18. The van der Waals surface area contributed by atoms with Crippen LogP contribution in [0.5, 0.6) is 11.5 Å². The van der Waals surface area contributed by atoms with Gasteiger partial charge >= 0.3 is 0 Å². The maximum Gasteiger partial charge on any atom is 0.257 e. The van der Waals surface area contributed by atoms with Crippen LogP contribution in [0.3, 0.4) is 0 Å². The van der Waals surface area contributed by atoms with Crippen LogP contribution < -0.4 is 20.1 Å². The van der Waals surface area contributed by atoms with Crippen LogP contribution in [0.25, 0.3) is 21.1 Å². The molecule has 0 aliphatic carbocycles. The van der Waals surface area contributed by atoms with Gasteiger partial charge in [0, 0.05) is 22.7 Å². The van der Waals surface area contributed by atoms with Crippen molar-refractivity contribution in [3.8, 4) is 11.5 Å². The van der Waals surface area contributed by atoms with E-state index in [9.17, 15) is 4.79 Å². The second-order valence-corrected chi connectivity index (χ2v) is 8.12. The van der Waals surface area contributed by atoms with Crippen LogP contribution in [0.2, 0.25) is 0 Å². The Balaban J connectivity index is 1.43. The molecule has 0 aliphatic rings. The first-order valence-electron chi connectivity index (χ1n) is 10.1. The number of ether oxygens (including phenoxy) is 2. The van der Waals surface area contributed by atoms with E-state index in [1.165, 1.54) is 17.7 Å². The molecule has 0 aliphatic heterocycles. The fraction of sp³-hybridized carbons (Fsp3) is 0.0833. The minimum absolute atomic E-state index is 0.190. The second kappa shape index (κ2) is 8.71. The van der Waals surface area contributed by atoms with Crippen molar-refractivity contribution in [1.82, 2.24) is 15.0 Å². The molecule has 8 nitrogen and oxygen atoms in total. The molecular weight excluding hydrogens is 438 g/mol. The number of rotatable bonds is 6. The molecule has 0 bridgehead atoms. The number of fused-ring (bicyclic) bond motifs is 2. The van der Waals surface area contributed by atoms with Crippen molar-refractivity contribution in [3.05, 3.63) is 72.6 Å². The fourth-order valence-corrected chi connectivity index (χ4v) is 4.33. The summed E-state index contributed by atoms with van der Waals surface area (Å²) in [5, 5.41) is 7.56. The Morgan fingerprint density at radius 1 is 0.909 bits per heavy atom. The lowest BCUT2D eigenvalue weighted by atomic mass is 10.2. The van der Waals surface area contributed by atoms with Gasteiger partial charge < -0.3 is 14.8 Å². The van der Waals surface area contributed by atoms with Crippen LogP contribution >= 0.6 is 11.3 Å². The van der Waals surface area contributed by atoms with Gasteiger partial charge in [0.1, 0.15) is 12.1 Å². The lowest BCUT2D eigenvalue weighted by molar-refractivity contribution is 0.102. The quantitative estimate of drug-likeness (QED) is 0.359. The van der Waals surface area contributed by atoms with Gasteiger partial charge in [0.15, 0.2) is 16.6 Å². The predicted octanol–water partition coefficient (Wildman–Crippen LogP) is 5.25. The van der Waals surface area contributed by atoms with E-state index >= 15 is 0 Å². The summed E-state index contributed by atoms with van der Waals surface area (Å²) >= 11 is 1.41. The van der Waals surface area contributed by atoms with Gasteiger partial charge in [-0.2, -0.15) is 0 Å². The summed E-state index contributed by atoms with van der Waals surface area (Å²) in [6, 6.07) is 18.5. The SMILES string of the molecule is COc1cc2ncnc(Nc3ccc4nc(NC(=O)c5ccccc5)sc4c3)c2cc1OC. The molecule has 1 amide bonds. The maximum atomic E-state index is 12.4. The third-order valence-corrected chi connectivity index (χ3v) is 5.98. The smallest absolute Gasteiger partial charge is 0.257 e. The molecule has 5 rings (SSSR count). The number of hydrogen-bond acceptors (Lipinski definition) is 8. The monoisotopic (exact) mass is 457 g/mol. The summed E-state index contributed by atoms with van der Waals surface area (Å²) in [6.07, 6.45) is 1.50. The van der Waals surface area contributed by atoms with Crippen molar-refractivity contribution in [3.63, 3.8) is 0 Å². The minimum atomic E-state index is -0.190. The Morgan fingerprint density at radius 3 is 2.48 bits per heavy atom. The van der Waals surface area contributed by atoms with Crippen molar-refractivity contribution >= 4 is 55.0 Å². The highest BCUT2D eigenvalue weighted by Crippen LogP contribution is 2.35. The second-order valence-electron chi connectivity index (χ2n) is 7.09. The van der Waals surface area contributed by atoms with Gasteiger partial charge in [-0.25, -0.2) is 15.0 Å². The average molecular weight is 458 g/mol. The number of hydrogen-bond donors (Lipinski definition) is 2. The standard InChI is InChI=1S/C24H19N5O3S/c1-31-19-11-16-18(12-20(19)32-2)25-13-26-22(16)27-15-8-9-17-21(10-15)33-24(28-17)29-23(30)14-6-4-3-5-7-14/h3-13H,1-2H3,(H,25,26,27)(H,28,29,30). The first kappa shape index (κ1) is 20.7. The molecule has 3 aromatic carbocycles. The van der Waals surface area contributed by atoms with E-state index in [1.807, 2.05) is 48.5 Å². The maximum absolute atomic E-state index is 12.4. The van der Waals surface area contributed by atoms with Crippen LogP contribution in [0.4, 0.5) is 16.6 Å². The van der Waals surface area contributed by atoms with E-state index in [2.05, 4.69) is 25.6 Å². The number of carbonyl (C=O) groups is 1. The summed E-state index contributed by atoms with van der Waals surface area (Å²) < 4.78 is 11.7. The van der Waals surface area contributed by atoms with Crippen LogP contribution in [0.1, 0.15) is 10.4 Å². The average Bonchev–Trinajstić information content (AvgIpc) is 3.25. The largest absolute Gasteiger partial charge is 0.493 e. The highest BCUT2D eigenvalue weighted by molar-refractivity contribution is 7.22. The molecule has 0 spiro atoms. The Kier molecular flexibility index (Phi) is 5.45. The lowest BCUT2D eigenvalue weighted by Crippen LogP contribution is -2.11. The molecular formula is C24H19N5O3S. The Morgan fingerprint density at radius 2 is 1.70 bits per heavy atom. The van der Waals surface area contributed by atoms with Crippen molar-refractivity contribution in [1.29, 1.82) is 0 Å². The summed E-state index contributed by atoms with van der Waals surface area (Å²) in [5.74, 6) is 1.65. The Hall–Kier alpha value is -4.24. The van der Waals surface area contributed by atoms with Gasteiger partial charge in [0.2, 0.25) is 0 Å². The van der Waals surface area contributed by atoms with E-state index in [4.69, 9.17) is 9.47 Å². The minimum Gasteiger partial charge on any atom is -0.493 e. The number of methoxy groups -OCH3 is 2. The zero-order chi connectivity index (χ0) is 22.8. The predicted molar refractivity (Wildman–Crippen MR) is 130 cm³/mol. The number of anilines is 3. The molecule has 164 valence electrons. The molecule has 0 saturated heterocycles. The van der Waals surface area contributed by atoms with Crippen molar-refractivity contribution in [2.45, 2.75) is 0 Å². The fourth-order valence-electron chi connectivity index (χ4n) is 3.43. The lowest BCUT2D eigenvalue weighted by Gasteiger charge is -2.12. The van der Waals surface area contributed by atoms with Crippen molar-refractivity contribution in [2.75, 3.05) is 24.9 Å². The zero-order valence-electron chi connectivity index (χ0n) is 17.8. The zero-order valence-corrected chi connectivity index (χ0v) is 18.6. The molecule has 2 N–H and O–H groups in total. The van der Waals surface area contributed by atoms with Gasteiger partial charge in [-0.15, -0.1) is 0 Å². The van der Waals surface area contributed by atoms with Gasteiger partial charge in [-0.05, 0) is 36.4 Å². The van der Waals surface area contributed by atoms with E-state index in [0.717, 1.165) is 26.8 Å². The van der Waals surface area contributed by atoms with Gasteiger partial charge in [-0.1, -0.05) is 29.5 Å². The number of carbonyl (C=O) groups excluding carboxylic acids is 1. The summed E-state index contributed by atoms with van der Waals surface area (Å²) in [6.45, 7) is 0. The van der Waals surface area contributed by atoms with E-state index < -0.39 is 0 Å². The number of benzene rings is 3. The molecule has 0 radical (unpaired) electrons. The number of nitrogens with zero attached hydrogens (tertiary/aromatic N) is 3. The van der Waals surface area contributed by atoms with E-state index in [-0.39, 0.29) is 5.91 Å². The van der Waals surface area contributed by atoms with Gasteiger partial charge in [0.25, 0.3) is 5.91 Å². The highest BCUT2D eigenvalue weighted by atomic mass is 32.1. The number of thiazole rings is 1. The van der Waals surface area contributed by atoms with Crippen molar-refractivity contribution < 1.29 is 14.3 Å². The van der Waals surface area contributed by atoms with Crippen LogP contribution in [0, 0.1) is 0 Å². The van der Waals surface area contributed by atoms with E-state index in [1.54, 1.807) is 26.4 Å². The third-order valence-electron chi connectivity index (χ3n) is 5.05. The Labute approximate surface area is 193 Å². The first-order chi connectivity index (χ1) is 16.1. The molecule has 9 heteroatoms. The molecule has 2 aromatic heterocycles. The third kappa shape index (κ3) is 4.13. The van der Waals surface area contributed by atoms with Crippen LogP contribution in [0.15, 0.2) is 67.0 Å². The molecule has 5 aromatic rings.